The molecule has 152 valence electrons. The second-order valence-corrected chi connectivity index (χ2v) is 8.32. The van der Waals surface area contributed by atoms with E-state index in [1.165, 1.54) is 17.7 Å². The smallest absolute Gasteiger partial charge is 0.149 e. The van der Waals surface area contributed by atoms with Crippen molar-refractivity contribution in [1.82, 2.24) is 9.97 Å². The van der Waals surface area contributed by atoms with Gasteiger partial charge in [0.05, 0.1) is 11.1 Å². The lowest BCUT2D eigenvalue weighted by molar-refractivity contribution is 0.570. The Balaban J connectivity index is 1.44. The maximum Gasteiger partial charge on any atom is 0.149 e. The van der Waals surface area contributed by atoms with Crippen LogP contribution in [0.2, 0.25) is 0 Å². The fourth-order valence-corrected chi connectivity index (χ4v) is 4.85. The first kappa shape index (κ1) is 18.9. The number of hydrogen-bond acceptors (Lipinski definition) is 5. The molecule has 7 heteroatoms. The van der Waals surface area contributed by atoms with Crippen molar-refractivity contribution >= 4 is 33.1 Å². The lowest BCUT2D eigenvalue weighted by Gasteiger charge is -2.37. The number of rotatable bonds is 3. The van der Waals surface area contributed by atoms with Gasteiger partial charge in [-0.2, -0.15) is 0 Å². The van der Waals surface area contributed by atoms with Crippen molar-refractivity contribution < 1.29 is 8.78 Å². The highest BCUT2D eigenvalue weighted by atomic mass is 32.1. The molecule has 2 aromatic heterocycles. The first-order chi connectivity index (χ1) is 14.6. The molecule has 0 unspecified atom stereocenters. The van der Waals surface area contributed by atoms with Gasteiger partial charge in [-0.15, -0.1) is 11.3 Å². The normalized spacial score (nSPS) is 14.5. The molecule has 0 amide bonds. The Morgan fingerprint density at radius 1 is 0.900 bits per heavy atom. The second kappa shape index (κ2) is 7.65. The number of aromatic nitrogens is 2. The van der Waals surface area contributed by atoms with Crippen molar-refractivity contribution in [3.8, 4) is 11.1 Å². The Kier molecular flexibility index (Phi) is 4.83. The zero-order chi connectivity index (χ0) is 20.7. The first-order valence-corrected chi connectivity index (χ1v) is 10.7. The number of piperazine rings is 1. The van der Waals surface area contributed by atoms with Gasteiger partial charge in [0, 0.05) is 43.2 Å². The molecule has 0 spiro atoms. The highest BCUT2D eigenvalue weighted by Gasteiger charge is 2.24. The molecule has 0 radical (unpaired) electrons. The number of aryl methyl sites for hydroxylation is 1. The minimum absolute atomic E-state index is 0.444. The largest absolute Gasteiger partial charge is 0.366 e. The molecular formula is C23H20F2N4S. The van der Waals surface area contributed by atoms with Crippen LogP contribution in [0.1, 0.15) is 5.56 Å². The van der Waals surface area contributed by atoms with Gasteiger partial charge in [0.1, 0.15) is 28.6 Å². The van der Waals surface area contributed by atoms with Gasteiger partial charge in [-0.3, -0.25) is 0 Å². The quantitative estimate of drug-likeness (QED) is 0.450. The number of nitrogens with zero attached hydrogens (tertiary/aromatic N) is 4. The summed E-state index contributed by atoms with van der Waals surface area (Å²) >= 11 is 1.62. The van der Waals surface area contributed by atoms with Gasteiger partial charge in [0.2, 0.25) is 0 Å². The predicted octanol–water partition coefficient (Wildman–Crippen LogP) is 5.27. The van der Waals surface area contributed by atoms with Crippen LogP contribution in [-0.2, 0) is 0 Å². The standard InChI is InChI=1S/C23H20F2N4S/c1-15-2-4-16(5-3-15)18-13-30-23-21(18)22(26-14-27-23)29-10-8-28(9-11-29)20-7-6-17(24)12-19(20)25/h2-7,12-14H,8-11H2,1H3. The van der Waals surface area contributed by atoms with Crippen LogP contribution in [0.3, 0.4) is 0 Å². The van der Waals surface area contributed by atoms with E-state index in [2.05, 4.69) is 51.4 Å². The molecule has 1 aliphatic heterocycles. The molecule has 5 rings (SSSR count). The lowest BCUT2D eigenvalue weighted by Crippen LogP contribution is -2.47. The summed E-state index contributed by atoms with van der Waals surface area (Å²) in [4.78, 5) is 14.2. The summed E-state index contributed by atoms with van der Waals surface area (Å²) in [7, 11) is 0. The molecule has 30 heavy (non-hydrogen) atoms. The van der Waals surface area contributed by atoms with E-state index < -0.39 is 11.6 Å². The predicted molar refractivity (Wildman–Crippen MR) is 118 cm³/mol. The monoisotopic (exact) mass is 422 g/mol. The van der Waals surface area contributed by atoms with Gasteiger partial charge in [0.25, 0.3) is 0 Å². The molecule has 4 aromatic rings. The molecule has 1 aliphatic rings. The Hall–Kier alpha value is -3.06. The summed E-state index contributed by atoms with van der Waals surface area (Å²) in [6.45, 7) is 4.75. The average Bonchev–Trinajstić information content (AvgIpc) is 3.19. The number of thiophene rings is 1. The van der Waals surface area contributed by atoms with Crippen molar-refractivity contribution in [3.63, 3.8) is 0 Å². The number of fused-ring (bicyclic) bond motifs is 1. The van der Waals surface area contributed by atoms with Crippen molar-refractivity contribution in [2.24, 2.45) is 0 Å². The van der Waals surface area contributed by atoms with Gasteiger partial charge in [-0.25, -0.2) is 18.7 Å². The maximum atomic E-state index is 14.2. The van der Waals surface area contributed by atoms with Crippen LogP contribution in [0.5, 0.6) is 0 Å². The minimum atomic E-state index is -0.556. The molecule has 3 heterocycles. The van der Waals surface area contributed by atoms with E-state index in [9.17, 15) is 8.78 Å². The zero-order valence-corrected chi connectivity index (χ0v) is 17.3. The fraction of sp³-hybridized carbons (Fsp3) is 0.217. The van der Waals surface area contributed by atoms with E-state index in [0.717, 1.165) is 33.2 Å². The van der Waals surface area contributed by atoms with Crippen LogP contribution >= 0.6 is 11.3 Å². The van der Waals surface area contributed by atoms with Crippen molar-refractivity contribution in [3.05, 3.63) is 71.4 Å². The third-order valence-corrected chi connectivity index (χ3v) is 6.43. The molecule has 0 N–H and O–H groups in total. The van der Waals surface area contributed by atoms with Crippen LogP contribution in [0.25, 0.3) is 21.3 Å². The lowest BCUT2D eigenvalue weighted by atomic mass is 10.0. The average molecular weight is 423 g/mol. The Bertz CT molecular complexity index is 1200. The van der Waals surface area contributed by atoms with Crippen LogP contribution in [0.15, 0.2) is 54.2 Å². The van der Waals surface area contributed by atoms with Gasteiger partial charge < -0.3 is 9.80 Å². The summed E-state index contributed by atoms with van der Waals surface area (Å²) < 4.78 is 27.4. The van der Waals surface area contributed by atoms with Crippen molar-refractivity contribution in [2.45, 2.75) is 6.92 Å². The van der Waals surface area contributed by atoms with E-state index in [1.807, 2.05) is 4.90 Å². The maximum absolute atomic E-state index is 14.2. The van der Waals surface area contributed by atoms with E-state index >= 15 is 0 Å². The summed E-state index contributed by atoms with van der Waals surface area (Å²) in [6.07, 6.45) is 1.61. The summed E-state index contributed by atoms with van der Waals surface area (Å²) in [5, 5.41) is 3.20. The van der Waals surface area contributed by atoms with Crippen LogP contribution in [0, 0.1) is 18.6 Å². The van der Waals surface area contributed by atoms with Crippen molar-refractivity contribution in [1.29, 1.82) is 0 Å². The van der Waals surface area contributed by atoms with Crippen LogP contribution in [0.4, 0.5) is 20.3 Å². The van der Waals surface area contributed by atoms with Gasteiger partial charge in [-0.05, 0) is 24.6 Å². The Morgan fingerprint density at radius 3 is 2.37 bits per heavy atom. The van der Waals surface area contributed by atoms with Crippen LogP contribution < -0.4 is 9.80 Å². The molecule has 1 saturated heterocycles. The molecular weight excluding hydrogens is 402 g/mol. The van der Waals surface area contributed by atoms with Crippen molar-refractivity contribution in [2.75, 3.05) is 36.0 Å². The highest BCUT2D eigenvalue weighted by molar-refractivity contribution is 7.17. The Morgan fingerprint density at radius 2 is 1.63 bits per heavy atom. The molecule has 1 fully saturated rings. The fourth-order valence-electron chi connectivity index (χ4n) is 3.94. The van der Waals surface area contributed by atoms with E-state index in [0.29, 0.717) is 31.9 Å². The molecule has 0 bridgehead atoms. The van der Waals surface area contributed by atoms with Crippen LogP contribution in [-0.4, -0.2) is 36.1 Å². The third kappa shape index (κ3) is 3.39. The summed E-state index contributed by atoms with van der Waals surface area (Å²) in [5.41, 5.74) is 3.95. The highest BCUT2D eigenvalue weighted by Crippen LogP contribution is 2.38. The van der Waals surface area contributed by atoms with Gasteiger partial charge in [0.15, 0.2) is 0 Å². The van der Waals surface area contributed by atoms with Gasteiger partial charge in [-0.1, -0.05) is 29.8 Å². The van der Waals surface area contributed by atoms with Gasteiger partial charge >= 0.3 is 0 Å². The van der Waals surface area contributed by atoms with E-state index in [4.69, 9.17) is 0 Å². The van der Waals surface area contributed by atoms with E-state index in [1.54, 1.807) is 17.7 Å². The first-order valence-electron chi connectivity index (χ1n) is 9.84. The number of anilines is 2. The minimum Gasteiger partial charge on any atom is -0.366 e. The molecule has 2 aromatic carbocycles. The summed E-state index contributed by atoms with van der Waals surface area (Å²) in [6, 6.07) is 12.2. The topological polar surface area (TPSA) is 32.3 Å². The second-order valence-electron chi connectivity index (χ2n) is 7.46. The SMILES string of the molecule is Cc1ccc(-c2csc3ncnc(N4CCN(c5ccc(F)cc5F)CC4)c23)cc1. The number of hydrogen-bond donors (Lipinski definition) is 0. The molecule has 0 aliphatic carbocycles. The molecule has 0 saturated carbocycles. The zero-order valence-electron chi connectivity index (χ0n) is 16.5. The summed E-state index contributed by atoms with van der Waals surface area (Å²) in [5.74, 6) is -0.164. The number of halogens is 2. The molecule has 4 nitrogen and oxygen atoms in total. The van der Waals surface area contributed by atoms with E-state index in [-0.39, 0.29) is 0 Å². The number of benzene rings is 2. The Labute approximate surface area is 177 Å². The molecule has 0 atom stereocenters. The third-order valence-electron chi connectivity index (χ3n) is 5.54.